The predicted octanol–water partition coefficient (Wildman–Crippen LogP) is 2.44. The van der Waals surface area contributed by atoms with Crippen LogP contribution in [0.1, 0.15) is 36.6 Å². The zero-order chi connectivity index (χ0) is 19.9. The van der Waals surface area contributed by atoms with Gasteiger partial charge in [-0.25, -0.2) is 13.9 Å². The Balaban J connectivity index is 1.65. The van der Waals surface area contributed by atoms with Gasteiger partial charge in [-0.2, -0.15) is 5.10 Å². The van der Waals surface area contributed by atoms with Crippen LogP contribution in [0.2, 0.25) is 0 Å². The van der Waals surface area contributed by atoms with Crippen molar-refractivity contribution >= 4 is 17.8 Å². The van der Waals surface area contributed by atoms with Crippen LogP contribution in [0, 0.1) is 5.82 Å². The summed E-state index contributed by atoms with van der Waals surface area (Å²) in [4.78, 5) is 15.4. The number of nitrogens with one attached hydrogen (secondary N) is 1. The van der Waals surface area contributed by atoms with Gasteiger partial charge in [0.25, 0.3) is 0 Å². The fourth-order valence-electron chi connectivity index (χ4n) is 3.58. The molecule has 0 radical (unpaired) electrons. The molecule has 0 amide bonds. The van der Waals surface area contributed by atoms with E-state index in [0.29, 0.717) is 30.2 Å². The van der Waals surface area contributed by atoms with Crippen molar-refractivity contribution in [1.29, 1.82) is 0 Å². The molecule has 0 aliphatic carbocycles. The highest BCUT2D eigenvalue weighted by molar-refractivity contribution is 5.62. The number of anilines is 1. The molecule has 8 heteroatoms. The molecule has 0 saturated carbocycles. The molecule has 1 aromatic carbocycles. The standard InChI is InChI=1S/C20H22FN5O2/c1-12(16-8-15(21)7-14-9-20(2,11-22)28-18(14)16)24-17-3-5-26-19(25-17)13(4-6-27)10-23-26/h3,5-8,10,12H,4,9,11,22H2,1-2H3,(H,24,25)/t12-,20?/m1/s1. The van der Waals surface area contributed by atoms with Crippen LogP contribution in [0.25, 0.3) is 5.65 Å². The first kappa shape index (κ1) is 18.4. The van der Waals surface area contributed by atoms with E-state index in [0.717, 1.165) is 23.0 Å². The summed E-state index contributed by atoms with van der Waals surface area (Å²) in [7, 11) is 0. The van der Waals surface area contributed by atoms with Gasteiger partial charge in [0.05, 0.1) is 12.2 Å². The quantitative estimate of drug-likeness (QED) is 0.635. The van der Waals surface area contributed by atoms with Crippen LogP contribution in [0.15, 0.2) is 30.6 Å². The molecule has 3 heterocycles. The maximum atomic E-state index is 14.2. The number of halogens is 1. The summed E-state index contributed by atoms with van der Waals surface area (Å²) < 4.78 is 21.9. The Bertz CT molecular complexity index is 1050. The van der Waals surface area contributed by atoms with E-state index < -0.39 is 5.60 Å². The summed E-state index contributed by atoms with van der Waals surface area (Å²) in [6.07, 6.45) is 5.04. The third-order valence-electron chi connectivity index (χ3n) is 5.08. The highest BCUT2D eigenvalue weighted by atomic mass is 19.1. The lowest BCUT2D eigenvalue weighted by Gasteiger charge is -2.23. The Morgan fingerprint density at radius 3 is 3.07 bits per heavy atom. The van der Waals surface area contributed by atoms with Crippen LogP contribution in [0.3, 0.4) is 0 Å². The van der Waals surface area contributed by atoms with Gasteiger partial charge in [0.1, 0.15) is 29.3 Å². The van der Waals surface area contributed by atoms with Crippen LogP contribution in [0.4, 0.5) is 10.2 Å². The van der Waals surface area contributed by atoms with E-state index in [1.807, 2.05) is 13.8 Å². The Kier molecular flexibility index (Phi) is 4.50. The minimum Gasteiger partial charge on any atom is -0.485 e. The fraction of sp³-hybridized carbons (Fsp3) is 0.350. The Hall–Kier alpha value is -3.00. The molecule has 4 rings (SSSR count). The van der Waals surface area contributed by atoms with Gasteiger partial charge in [-0.3, -0.25) is 0 Å². The molecular formula is C20H22FN5O2. The van der Waals surface area contributed by atoms with Crippen molar-refractivity contribution in [2.75, 3.05) is 11.9 Å². The molecule has 1 aliphatic heterocycles. The summed E-state index contributed by atoms with van der Waals surface area (Å²) in [5.41, 5.74) is 8.22. The van der Waals surface area contributed by atoms with E-state index in [2.05, 4.69) is 15.4 Å². The third-order valence-corrected chi connectivity index (χ3v) is 5.08. The lowest BCUT2D eigenvalue weighted by molar-refractivity contribution is -0.107. The first-order valence-corrected chi connectivity index (χ1v) is 9.17. The van der Waals surface area contributed by atoms with Crippen molar-refractivity contribution in [2.24, 2.45) is 5.73 Å². The number of rotatable bonds is 6. The molecule has 1 aliphatic rings. The minimum atomic E-state index is -0.525. The monoisotopic (exact) mass is 383 g/mol. The predicted molar refractivity (Wildman–Crippen MR) is 103 cm³/mol. The summed E-state index contributed by atoms with van der Waals surface area (Å²) >= 11 is 0. The molecule has 28 heavy (non-hydrogen) atoms. The van der Waals surface area contributed by atoms with E-state index in [4.69, 9.17) is 10.5 Å². The molecule has 3 aromatic rings. The number of fused-ring (bicyclic) bond motifs is 2. The number of aldehydes is 1. The van der Waals surface area contributed by atoms with Crippen LogP contribution in [-0.2, 0) is 17.6 Å². The summed E-state index contributed by atoms with van der Waals surface area (Å²) in [6.45, 7) is 4.20. The molecule has 7 nitrogen and oxygen atoms in total. The van der Waals surface area contributed by atoms with Crippen LogP contribution < -0.4 is 15.8 Å². The average Bonchev–Trinajstić information content (AvgIpc) is 3.22. The highest BCUT2D eigenvalue weighted by Crippen LogP contribution is 2.41. The van der Waals surface area contributed by atoms with Crippen LogP contribution in [-0.4, -0.2) is 33.0 Å². The Labute approximate surface area is 161 Å². The molecule has 0 bridgehead atoms. The molecule has 3 N–H and O–H groups in total. The smallest absolute Gasteiger partial charge is 0.160 e. The zero-order valence-corrected chi connectivity index (χ0v) is 15.8. The molecule has 0 spiro atoms. The molecular weight excluding hydrogens is 361 g/mol. The maximum Gasteiger partial charge on any atom is 0.160 e. The van der Waals surface area contributed by atoms with Gasteiger partial charge in [0, 0.05) is 42.3 Å². The van der Waals surface area contributed by atoms with Crippen LogP contribution >= 0.6 is 0 Å². The van der Waals surface area contributed by atoms with E-state index in [-0.39, 0.29) is 18.3 Å². The Morgan fingerprint density at radius 2 is 2.32 bits per heavy atom. The number of carbonyl (C=O) groups excluding carboxylic acids is 1. The number of aromatic nitrogens is 3. The topological polar surface area (TPSA) is 94.5 Å². The van der Waals surface area contributed by atoms with Gasteiger partial charge < -0.3 is 20.6 Å². The van der Waals surface area contributed by atoms with Crippen molar-refractivity contribution in [3.05, 3.63) is 53.1 Å². The second-order valence-electron chi connectivity index (χ2n) is 7.40. The first-order valence-electron chi connectivity index (χ1n) is 9.17. The van der Waals surface area contributed by atoms with Crippen molar-refractivity contribution in [1.82, 2.24) is 14.6 Å². The number of nitrogens with two attached hydrogens (primary N) is 1. The van der Waals surface area contributed by atoms with E-state index >= 15 is 0 Å². The van der Waals surface area contributed by atoms with Gasteiger partial charge in [-0.15, -0.1) is 0 Å². The van der Waals surface area contributed by atoms with Gasteiger partial charge in [0.2, 0.25) is 0 Å². The second kappa shape index (κ2) is 6.87. The number of hydrogen-bond donors (Lipinski definition) is 2. The van der Waals surface area contributed by atoms with Crippen molar-refractivity contribution in [3.63, 3.8) is 0 Å². The number of ether oxygens (including phenoxy) is 1. The van der Waals surface area contributed by atoms with Gasteiger partial charge in [-0.1, -0.05) is 0 Å². The summed E-state index contributed by atoms with van der Waals surface area (Å²) in [6, 6.07) is 4.52. The SMILES string of the molecule is C[C@@H](Nc1ccn2ncc(CC=O)c2n1)c1cc(F)cc2c1OC(C)(CN)C2. The first-order chi connectivity index (χ1) is 13.4. The summed E-state index contributed by atoms with van der Waals surface area (Å²) in [5.74, 6) is 0.978. The maximum absolute atomic E-state index is 14.2. The highest BCUT2D eigenvalue weighted by Gasteiger charge is 2.36. The molecule has 0 saturated heterocycles. The second-order valence-corrected chi connectivity index (χ2v) is 7.40. The van der Waals surface area contributed by atoms with Gasteiger partial charge >= 0.3 is 0 Å². The van der Waals surface area contributed by atoms with Gasteiger partial charge in [-0.05, 0) is 32.0 Å². The molecule has 1 unspecified atom stereocenters. The van der Waals surface area contributed by atoms with Crippen molar-refractivity contribution in [2.45, 2.75) is 38.3 Å². The van der Waals surface area contributed by atoms with E-state index in [1.165, 1.54) is 12.1 Å². The van der Waals surface area contributed by atoms with E-state index in [1.54, 1.807) is 23.0 Å². The number of benzene rings is 1. The number of carbonyl (C=O) groups is 1. The lowest BCUT2D eigenvalue weighted by atomic mass is 9.97. The largest absolute Gasteiger partial charge is 0.485 e. The van der Waals surface area contributed by atoms with E-state index in [9.17, 15) is 9.18 Å². The fourth-order valence-corrected chi connectivity index (χ4v) is 3.58. The zero-order valence-electron chi connectivity index (χ0n) is 15.8. The molecule has 2 atom stereocenters. The average molecular weight is 383 g/mol. The van der Waals surface area contributed by atoms with Gasteiger partial charge in [0.15, 0.2) is 5.65 Å². The normalized spacial score (nSPS) is 19.3. The molecule has 2 aromatic heterocycles. The Morgan fingerprint density at radius 1 is 1.50 bits per heavy atom. The summed E-state index contributed by atoms with van der Waals surface area (Å²) in [5, 5.41) is 7.48. The molecule has 0 fully saturated rings. The third kappa shape index (κ3) is 3.20. The van der Waals surface area contributed by atoms with Crippen LogP contribution in [0.5, 0.6) is 5.75 Å². The molecule has 146 valence electrons. The van der Waals surface area contributed by atoms with Crippen molar-refractivity contribution in [3.8, 4) is 5.75 Å². The number of nitrogens with zero attached hydrogens (tertiary/aromatic N) is 3. The minimum absolute atomic E-state index is 0.248. The lowest BCUT2D eigenvalue weighted by Crippen LogP contribution is -2.39. The number of hydrogen-bond acceptors (Lipinski definition) is 6. The van der Waals surface area contributed by atoms with Crippen molar-refractivity contribution < 1.29 is 13.9 Å².